The highest BCUT2D eigenvalue weighted by Gasteiger charge is 2.68. The molecule has 1 aromatic heterocycles. The van der Waals surface area contributed by atoms with E-state index in [1.165, 1.54) is 17.4 Å². The molecule has 0 aliphatic rings. The normalized spacial score (nSPS) is 12.3. The minimum atomic E-state index is -5.65. The van der Waals surface area contributed by atoms with Crippen molar-refractivity contribution in [1.29, 1.82) is 0 Å². The second kappa shape index (κ2) is 6.31. The molecule has 0 bridgehead atoms. The summed E-state index contributed by atoms with van der Waals surface area (Å²) >= 11 is 1.22. The number of alkyl halides is 4. The number of esters is 1. The molecule has 0 spiro atoms. The van der Waals surface area contributed by atoms with Crippen molar-refractivity contribution >= 4 is 43.4 Å². The Hall–Kier alpha value is -3.01. The molecule has 0 saturated carbocycles. The molecule has 0 radical (unpaired) electrons. The quantitative estimate of drug-likeness (QED) is 0.313. The van der Waals surface area contributed by atoms with Crippen molar-refractivity contribution in [2.24, 2.45) is 0 Å². The summed E-state index contributed by atoms with van der Waals surface area (Å²) in [6, 6.07) is 9.93. The SMILES string of the molecule is O=C(O)C(F)(F)C(F)(F)C(=O)Oc1ccc2sc3ccccc3c(=O)c2c1. The van der Waals surface area contributed by atoms with Crippen LogP contribution in [0.25, 0.3) is 20.2 Å². The molecule has 10 heteroatoms. The van der Waals surface area contributed by atoms with Crippen LogP contribution >= 0.6 is 11.3 Å². The second-order valence-electron chi connectivity index (χ2n) is 5.43. The molecule has 0 fully saturated rings. The largest absolute Gasteiger partial charge is 0.477 e. The summed E-state index contributed by atoms with van der Waals surface area (Å²) in [5.74, 6) is -17.7. The van der Waals surface area contributed by atoms with Crippen LogP contribution in [-0.4, -0.2) is 28.9 Å². The number of hydrogen-bond acceptors (Lipinski definition) is 5. The summed E-state index contributed by atoms with van der Waals surface area (Å²) in [5, 5.41) is 8.58. The van der Waals surface area contributed by atoms with Crippen molar-refractivity contribution in [2.75, 3.05) is 0 Å². The van der Waals surface area contributed by atoms with Crippen LogP contribution in [0.5, 0.6) is 5.75 Å². The smallest absolute Gasteiger partial charge is 0.416 e. The van der Waals surface area contributed by atoms with E-state index in [-0.39, 0.29) is 5.39 Å². The molecule has 0 unspecified atom stereocenters. The molecule has 140 valence electrons. The topological polar surface area (TPSA) is 80.7 Å². The standard InChI is InChI=1S/C17H8F4O5S/c18-16(19,14(23)24)17(20,21)15(25)26-8-5-6-12-10(7-8)13(22)9-3-1-2-4-11(9)27-12/h1-7H,(H,23,24). The molecule has 0 aliphatic heterocycles. The lowest BCUT2D eigenvalue weighted by atomic mass is 10.1. The van der Waals surface area contributed by atoms with E-state index in [1.54, 1.807) is 24.3 Å². The van der Waals surface area contributed by atoms with Gasteiger partial charge >= 0.3 is 23.8 Å². The maximum atomic E-state index is 13.5. The van der Waals surface area contributed by atoms with Crippen LogP contribution in [0, 0.1) is 0 Å². The highest BCUT2D eigenvalue weighted by Crippen LogP contribution is 2.36. The van der Waals surface area contributed by atoms with Crippen molar-refractivity contribution in [3.8, 4) is 5.75 Å². The highest BCUT2D eigenvalue weighted by molar-refractivity contribution is 7.24. The number of halogens is 4. The molecule has 27 heavy (non-hydrogen) atoms. The average molecular weight is 400 g/mol. The van der Waals surface area contributed by atoms with Gasteiger partial charge in [-0.1, -0.05) is 12.1 Å². The van der Waals surface area contributed by atoms with Gasteiger partial charge in [-0.3, -0.25) is 4.79 Å². The van der Waals surface area contributed by atoms with Gasteiger partial charge in [0, 0.05) is 20.2 Å². The first-order chi connectivity index (χ1) is 12.6. The van der Waals surface area contributed by atoms with Gasteiger partial charge in [0.1, 0.15) is 5.75 Å². The Morgan fingerprint density at radius 1 is 0.926 bits per heavy atom. The molecule has 0 saturated heterocycles. The molecule has 2 aromatic carbocycles. The lowest BCUT2D eigenvalue weighted by Crippen LogP contribution is -2.53. The molecule has 0 aliphatic carbocycles. The fourth-order valence-corrected chi connectivity index (χ4v) is 3.33. The number of hydrogen-bond donors (Lipinski definition) is 1. The first kappa shape index (κ1) is 18.8. The zero-order chi connectivity index (χ0) is 20.0. The van der Waals surface area contributed by atoms with Crippen LogP contribution < -0.4 is 10.2 Å². The van der Waals surface area contributed by atoms with Gasteiger partial charge in [-0.2, -0.15) is 17.6 Å². The molecule has 5 nitrogen and oxygen atoms in total. The van der Waals surface area contributed by atoms with Gasteiger partial charge in [0.2, 0.25) is 0 Å². The summed E-state index contributed by atoms with van der Waals surface area (Å²) in [6.45, 7) is 0. The summed E-state index contributed by atoms with van der Waals surface area (Å²) in [6.07, 6.45) is 0. The monoisotopic (exact) mass is 400 g/mol. The van der Waals surface area contributed by atoms with Crippen molar-refractivity contribution in [1.82, 2.24) is 0 Å². The Kier molecular flexibility index (Phi) is 4.38. The summed E-state index contributed by atoms with van der Waals surface area (Å²) < 4.78 is 58.4. The van der Waals surface area contributed by atoms with Gasteiger partial charge in [0.05, 0.1) is 0 Å². The Balaban J connectivity index is 2.02. The molecule has 3 rings (SSSR count). The molecule has 0 amide bonds. The number of ether oxygens (including phenoxy) is 1. The number of rotatable bonds is 4. The number of benzene rings is 2. The van der Waals surface area contributed by atoms with Gasteiger partial charge < -0.3 is 9.84 Å². The lowest BCUT2D eigenvalue weighted by Gasteiger charge is -2.20. The third-order valence-corrected chi connectivity index (χ3v) is 4.83. The van der Waals surface area contributed by atoms with E-state index in [2.05, 4.69) is 4.74 Å². The van der Waals surface area contributed by atoms with Gasteiger partial charge in [-0.15, -0.1) is 11.3 Å². The summed E-state index contributed by atoms with van der Waals surface area (Å²) in [7, 11) is 0. The molecule has 1 N–H and O–H groups in total. The van der Waals surface area contributed by atoms with E-state index in [0.29, 0.717) is 14.8 Å². The van der Waals surface area contributed by atoms with Gasteiger partial charge in [0.25, 0.3) is 0 Å². The van der Waals surface area contributed by atoms with Crippen LogP contribution in [0.4, 0.5) is 17.6 Å². The molecule has 1 heterocycles. The number of aliphatic carboxylic acids is 1. The summed E-state index contributed by atoms with van der Waals surface area (Å²) in [4.78, 5) is 34.2. The van der Waals surface area contributed by atoms with Crippen LogP contribution in [0.2, 0.25) is 0 Å². The second-order valence-corrected chi connectivity index (χ2v) is 6.51. The molecular weight excluding hydrogens is 392 g/mol. The molecule has 0 atom stereocenters. The van der Waals surface area contributed by atoms with E-state index >= 15 is 0 Å². The zero-order valence-corrected chi connectivity index (χ0v) is 13.9. The molecule has 3 aromatic rings. The lowest BCUT2D eigenvalue weighted by molar-refractivity contribution is -0.229. The Morgan fingerprint density at radius 3 is 2.22 bits per heavy atom. The zero-order valence-electron chi connectivity index (χ0n) is 13.0. The van der Waals surface area contributed by atoms with Crippen molar-refractivity contribution in [3.63, 3.8) is 0 Å². The number of carboxylic acid groups (broad SMARTS) is 1. The number of carbonyl (C=O) groups is 2. The first-order valence-corrected chi connectivity index (χ1v) is 8.04. The van der Waals surface area contributed by atoms with Gasteiger partial charge in [0.15, 0.2) is 5.43 Å². The van der Waals surface area contributed by atoms with Crippen LogP contribution in [0.1, 0.15) is 0 Å². The van der Waals surface area contributed by atoms with E-state index in [1.807, 2.05) is 0 Å². The fourth-order valence-electron chi connectivity index (χ4n) is 2.28. The summed E-state index contributed by atoms with van der Waals surface area (Å²) in [5.41, 5.74) is -0.458. The van der Waals surface area contributed by atoms with Crippen LogP contribution in [-0.2, 0) is 9.59 Å². The van der Waals surface area contributed by atoms with Crippen molar-refractivity contribution in [2.45, 2.75) is 11.8 Å². The van der Waals surface area contributed by atoms with E-state index in [4.69, 9.17) is 5.11 Å². The third-order valence-electron chi connectivity index (χ3n) is 3.68. The van der Waals surface area contributed by atoms with E-state index < -0.39 is 35.0 Å². The number of carbonyl (C=O) groups excluding carboxylic acids is 1. The van der Waals surface area contributed by atoms with Gasteiger partial charge in [-0.05, 0) is 30.3 Å². The highest BCUT2D eigenvalue weighted by atomic mass is 32.1. The Bertz CT molecular complexity index is 1140. The Labute approximate surface area is 151 Å². The maximum Gasteiger partial charge on any atom is 0.416 e. The predicted octanol–water partition coefficient (Wildman–Crippen LogP) is 3.68. The number of carboxylic acids is 1. The van der Waals surface area contributed by atoms with Crippen LogP contribution in [0.3, 0.4) is 0 Å². The average Bonchev–Trinajstić information content (AvgIpc) is 2.62. The fraction of sp³-hybridized carbons (Fsp3) is 0.118. The predicted molar refractivity (Wildman–Crippen MR) is 88.8 cm³/mol. The first-order valence-electron chi connectivity index (χ1n) is 7.22. The van der Waals surface area contributed by atoms with E-state index in [9.17, 15) is 31.9 Å². The van der Waals surface area contributed by atoms with Gasteiger partial charge in [-0.25, -0.2) is 9.59 Å². The minimum Gasteiger partial charge on any atom is -0.477 e. The maximum absolute atomic E-state index is 13.5. The molecular formula is C17H8F4O5S. The van der Waals surface area contributed by atoms with Crippen molar-refractivity contribution < 1.29 is 37.0 Å². The van der Waals surface area contributed by atoms with Crippen LogP contribution in [0.15, 0.2) is 47.3 Å². The van der Waals surface area contributed by atoms with E-state index in [0.717, 1.165) is 12.1 Å². The number of fused-ring (bicyclic) bond motifs is 2. The third kappa shape index (κ3) is 3.01. The minimum absolute atomic E-state index is 0.0392. The Morgan fingerprint density at radius 2 is 1.56 bits per heavy atom. The van der Waals surface area contributed by atoms with Crippen molar-refractivity contribution in [3.05, 3.63) is 52.7 Å².